The zero-order valence-electron chi connectivity index (χ0n) is 9.81. The van der Waals surface area contributed by atoms with E-state index < -0.39 is 0 Å². The van der Waals surface area contributed by atoms with Crippen LogP contribution in [0.2, 0.25) is 0 Å². The molecule has 0 aromatic rings. The zero-order valence-corrected chi connectivity index (χ0v) is 9.81. The highest BCUT2D eigenvalue weighted by atomic mass is 16.1. The first-order valence-corrected chi connectivity index (χ1v) is 5.73. The Labute approximate surface area is 87.9 Å². The number of hydrogen-bond donors (Lipinski definition) is 1. The van der Waals surface area contributed by atoms with Crippen molar-refractivity contribution in [3.8, 4) is 0 Å². The van der Waals surface area contributed by atoms with Crippen molar-refractivity contribution < 1.29 is 4.79 Å². The molecule has 1 N–H and O–H groups in total. The molecular weight excluding hydrogens is 176 g/mol. The third-order valence-corrected chi connectivity index (χ3v) is 2.11. The van der Waals surface area contributed by atoms with Gasteiger partial charge in [-0.05, 0) is 32.9 Å². The molecule has 3 nitrogen and oxygen atoms in total. The molecule has 3 heteroatoms. The van der Waals surface area contributed by atoms with E-state index in [-0.39, 0.29) is 5.91 Å². The molecule has 0 atom stereocenters. The van der Waals surface area contributed by atoms with Crippen LogP contribution in [-0.2, 0) is 4.79 Å². The monoisotopic (exact) mass is 200 g/mol. The van der Waals surface area contributed by atoms with Gasteiger partial charge < -0.3 is 10.2 Å². The molecule has 14 heavy (non-hydrogen) atoms. The lowest BCUT2D eigenvalue weighted by molar-refractivity contribution is -0.121. The largest absolute Gasteiger partial charge is 0.356 e. The topological polar surface area (TPSA) is 32.3 Å². The molecule has 0 radical (unpaired) electrons. The number of carbonyl (C=O) groups is 1. The Hall–Kier alpha value is -0.570. The van der Waals surface area contributed by atoms with Gasteiger partial charge in [-0.2, -0.15) is 0 Å². The van der Waals surface area contributed by atoms with Crippen LogP contribution in [0.25, 0.3) is 0 Å². The lowest BCUT2D eigenvalue weighted by Crippen LogP contribution is -2.31. The van der Waals surface area contributed by atoms with Gasteiger partial charge in [0, 0.05) is 19.5 Å². The van der Waals surface area contributed by atoms with Crippen LogP contribution in [0.1, 0.15) is 40.0 Å². The van der Waals surface area contributed by atoms with E-state index in [1.54, 1.807) is 0 Å². The van der Waals surface area contributed by atoms with Gasteiger partial charge >= 0.3 is 0 Å². The van der Waals surface area contributed by atoms with Gasteiger partial charge in [0.2, 0.25) is 5.91 Å². The van der Waals surface area contributed by atoms with Gasteiger partial charge in [0.15, 0.2) is 0 Å². The lowest BCUT2D eigenvalue weighted by atomic mass is 10.3. The first-order chi connectivity index (χ1) is 6.74. The van der Waals surface area contributed by atoms with Gasteiger partial charge in [0.05, 0.1) is 0 Å². The van der Waals surface area contributed by atoms with E-state index in [1.807, 2.05) is 6.92 Å². The van der Waals surface area contributed by atoms with Gasteiger partial charge in [0.25, 0.3) is 0 Å². The molecule has 1 amide bonds. The van der Waals surface area contributed by atoms with Crippen molar-refractivity contribution in [2.75, 3.05) is 26.2 Å². The van der Waals surface area contributed by atoms with Crippen molar-refractivity contribution in [3.63, 3.8) is 0 Å². The van der Waals surface area contributed by atoms with Crippen LogP contribution in [0.3, 0.4) is 0 Å². The van der Waals surface area contributed by atoms with Crippen molar-refractivity contribution in [1.29, 1.82) is 0 Å². The van der Waals surface area contributed by atoms with Crippen LogP contribution >= 0.6 is 0 Å². The maximum atomic E-state index is 11.2. The van der Waals surface area contributed by atoms with E-state index in [0.29, 0.717) is 6.42 Å². The number of nitrogens with zero attached hydrogens (tertiary/aromatic N) is 1. The number of carbonyl (C=O) groups excluding carboxylic acids is 1. The van der Waals surface area contributed by atoms with Gasteiger partial charge in [-0.1, -0.05) is 13.8 Å². The quantitative estimate of drug-likeness (QED) is 0.646. The minimum absolute atomic E-state index is 0.171. The highest BCUT2D eigenvalue weighted by Gasteiger charge is 2.05. The summed E-state index contributed by atoms with van der Waals surface area (Å²) < 4.78 is 0. The lowest BCUT2D eigenvalue weighted by Gasteiger charge is -2.20. The van der Waals surface area contributed by atoms with E-state index >= 15 is 0 Å². The second kappa shape index (κ2) is 9.00. The molecule has 0 saturated carbocycles. The Bertz CT molecular complexity index is 142. The minimum atomic E-state index is 0.171. The summed E-state index contributed by atoms with van der Waals surface area (Å²) in [5.74, 6) is 0.171. The predicted octanol–water partition coefficient (Wildman–Crippen LogP) is 1.63. The fraction of sp³-hybridized carbons (Fsp3) is 0.909. The van der Waals surface area contributed by atoms with E-state index in [9.17, 15) is 4.79 Å². The van der Waals surface area contributed by atoms with Gasteiger partial charge in [-0.25, -0.2) is 0 Å². The molecule has 0 aliphatic heterocycles. The smallest absolute Gasteiger partial charge is 0.221 e. The summed E-state index contributed by atoms with van der Waals surface area (Å²) in [6.45, 7) is 10.1. The van der Waals surface area contributed by atoms with E-state index in [1.165, 1.54) is 0 Å². The van der Waals surface area contributed by atoms with E-state index in [2.05, 4.69) is 24.1 Å². The summed E-state index contributed by atoms with van der Waals surface area (Å²) in [6.07, 6.45) is 2.96. The summed E-state index contributed by atoms with van der Waals surface area (Å²) in [4.78, 5) is 13.6. The van der Waals surface area contributed by atoms with Crippen LogP contribution in [-0.4, -0.2) is 37.0 Å². The van der Waals surface area contributed by atoms with Crippen molar-refractivity contribution in [2.24, 2.45) is 0 Å². The zero-order chi connectivity index (χ0) is 10.8. The molecule has 0 unspecified atom stereocenters. The molecule has 0 fully saturated rings. The Kier molecular flexibility index (Phi) is 8.64. The molecule has 84 valence electrons. The predicted molar refractivity (Wildman–Crippen MR) is 60.3 cm³/mol. The molecule has 0 saturated heterocycles. The van der Waals surface area contributed by atoms with E-state index in [0.717, 1.165) is 39.0 Å². The Morgan fingerprint density at radius 1 is 1.07 bits per heavy atom. The van der Waals surface area contributed by atoms with Crippen LogP contribution in [0.5, 0.6) is 0 Å². The van der Waals surface area contributed by atoms with Crippen molar-refractivity contribution in [1.82, 2.24) is 10.2 Å². The maximum Gasteiger partial charge on any atom is 0.221 e. The molecule has 0 aromatic heterocycles. The van der Waals surface area contributed by atoms with Gasteiger partial charge in [-0.3, -0.25) is 4.79 Å². The number of rotatable bonds is 8. The summed E-state index contributed by atoms with van der Waals surface area (Å²) in [5, 5.41) is 2.82. The Morgan fingerprint density at radius 3 is 2.07 bits per heavy atom. The molecule has 0 aliphatic rings. The highest BCUT2D eigenvalue weighted by Crippen LogP contribution is 1.96. The standard InChI is InChI=1S/C11H24N2O/c1-4-8-13(9-5-2)10-7-11(14)12-6-3/h4-10H2,1-3H3,(H,12,14). The summed E-state index contributed by atoms with van der Waals surface area (Å²) in [6, 6.07) is 0. The second-order valence-corrected chi connectivity index (χ2v) is 3.55. The molecular formula is C11H24N2O. The van der Waals surface area contributed by atoms with Crippen molar-refractivity contribution in [3.05, 3.63) is 0 Å². The average molecular weight is 200 g/mol. The molecule has 0 aliphatic carbocycles. The molecule has 0 spiro atoms. The molecule has 0 bridgehead atoms. The Balaban J connectivity index is 3.63. The van der Waals surface area contributed by atoms with Crippen LogP contribution < -0.4 is 5.32 Å². The summed E-state index contributed by atoms with van der Waals surface area (Å²) >= 11 is 0. The molecule has 0 aromatic carbocycles. The SMILES string of the molecule is CCCN(CCC)CCC(=O)NCC. The number of hydrogen-bond acceptors (Lipinski definition) is 2. The first kappa shape index (κ1) is 13.4. The first-order valence-electron chi connectivity index (χ1n) is 5.73. The number of nitrogens with one attached hydrogen (secondary N) is 1. The number of amides is 1. The average Bonchev–Trinajstić information content (AvgIpc) is 2.15. The van der Waals surface area contributed by atoms with Crippen LogP contribution in [0, 0.1) is 0 Å². The molecule has 0 heterocycles. The van der Waals surface area contributed by atoms with Crippen molar-refractivity contribution in [2.45, 2.75) is 40.0 Å². The molecule has 0 rings (SSSR count). The highest BCUT2D eigenvalue weighted by molar-refractivity contribution is 5.75. The van der Waals surface area contributed by atoms with Gasteiger partial charge in [0.1, 0.15) is 0 Å². The van der Waals surface area contributed by atoms with Crippen LogP contribution in [0.15, 0.2) is 0 Å². The maximum absolute atomic E-state index is 11.2. The van der Waals surface area contributed by atoms with E-state index in [4.69, 9.17) is 0 Å². The van der Waals surface area contributed by atoms with Gasteiger partial charge in [-0.15, -0.1) is 0 Å². The third-order valence-electron chi connectivity index (χ3n) is 2.11. The van der Waals surface area contributed by atoms with Crippen molar-refractivity contribution >= 4 is 5.91 Å². The van der Waals surface area contributed by atoms with Crippen LogP contribution in [0.4, 0.5) is 0 Å². The minimum Gasteiger partial charge on any atom is -0.356 e. The summed E-state index contributed by atoms with van der Waals surface area (Å²) in [7, 11) is 0. The second-order valence-electron chi connectivity index (χ2n) is 3.55. The normalized spacial score (nSPS) is 10.6. The summed E-state index contributed by atoms with van der Waals surface area (Å²) in [5.41, 5.74) is 0. The fourth-order valence-corrected chi connectivity index (χ4v) is 1.51. The third kappa shape index (κ3) is 6.89. The fourth-order valence-electron chi connectivity index (χ4n) is 1.51. The Morgan fingerprint density at radius 2 is 1.64 bits per heavy atom.